The van der Waals surface area contributed by atoms with Gasteiger partial charge in [0.05, 0.1) is 6.33 Å². The Morgan fingerprint density at radius 2 is 1.57 bits per heavy atom. The van der Waals surface area contributed by atoms with Crippen LogP contribution in [0.4, 0.5) is 0 Å². The number of unbranched alkanes of at least 4 members (excludes halogenated alkanes) is 8. The maximum atomic E-state index is 6.00. The molecule has 5 heteroatoms. The van der Waals surface area contributed by atoms with E-state index in [2.05, 4.69) is 26.4 Å². The van der Waals surface area contributed by atoms with Crippen molar-refractivity contribution in [2.45, 2.75) is 71.3 Å². The molecule has 0 saturated heterocycles. The number of hydrogen-bond acceptors (Lipinski definition) is 3. The molecule has 0 radical (unpaired) electrons. The predicted molar refractivity (Wildman–Crippen MR) is 87.6 cm³/mol. The summed E-state index contributed by atoms with van der Waals surface area (Å²) in [5.74, 6) is 0. The Balaban J connectivity index is 1.63. The number of halogens is 1. The minimum atomic E-state index is 0.436. The average Bonchev–Trinajstić information content (AvgIpc) is 2.90. The molecular formula is C16H25ClN4. The van der Waals surface area contributed by atoms with Gasteiger partial charge in [-0.3, -0.25) is 0 Å². The zero-order valence-corrected chi connectivity index (χ0v) is 13.6. The molecule has 0 aliphatic heterocycles. The standard InChI is InChI=1S/C16H25ClN4/c1-2-3-4-5-6-7-8-9-10-11-21-13-20-14-15(17)18-12-19-16(14)21/h12-13H,2-11H2,1H3. The molecule has 0 aliphatic rings. The van der Waals surface area contributed by atoms with E-state index in [9.17, 15) is 0 Å². The van der Waals surface area contributed by atoms with E-state index in [0.717, 1.165) is 12.2 Å². The summed E-state index contributed by atoms with van der Waals surface area (Å²) in [6.45, 7) is 3.22. The van der Waals surface area contributed by atoms with Gasteiger partial charge in [0.25, 0.3) is 0 Å². The fourth-order valence-corrected chi connectivity index (χ4v) is 2.79. The molecule has 0 atom stereocenters. The van der Waals surface area contributed by atoms with E-state index in [1.807, 2.05) is 6.33 Å². The Labute approximate surface area is 132 Å². The van der Waals surface area contributed by atoms with Crippen molar-refractivity contribution in [2.24, 2.45) is 0 Å². The highest BCUT2D eigenvalue weighted by Crippen LogP contribution is 2.18. The highest BCUT2D eigenvalue weighted by Gasteiger charge is 2.07. The first kappa shape index (κ1) is 16.2. The summed E-state index contributed by atoms with van der Waals surface area (Å²) in [5, 5.41) is 0.436. The van der Waals surface area contributed by atoms with E-state index in [-0.39, 0.29) is 0 Å². The molecule has 0 fully saturated rings. The van der Waals surface area contributed by atoms with Crippen LogP contribution in [0.15, 0.2) is 12.7 Å². The number of rotatable bonds is 10. The largest absolute Gasteiger partial charge is 0.315 e. The van der Waals surface area contributed by atoms with Crippen LogP contribution in [-0.2, 0) is 6.54 Å². The second-order valence-electron chi connectivity index (χ2n) is 5.60. The zero-order valence-electron chi connectivity index (χ0n) is 12.9. The van der Waals surface area contributed by atoms with Gasteiger partial charge in [0.15, 0.2) is 10.8 Å². The number of aryl methyl sites for hydroxylation is 1. The predicted octanol–water partition coefficient (Wildman–Crippen LogP) is 5.01. The van der Waals surface area contributed by atoms with Crippen molar-refractivity contribution in [3.63, 3.8) is 0 Å². The quantitative estimate of drug-likeness (QED) is 0.457. The zero-order chi connectivity index (χ0) is 14.9. The van der Waals surface area contributed by atoms with Crippen LogP contribution in [0.1, 0.15) is 64.7 Å². The molecule has 0 spiro atoms. The molecule has 2 aromatic rings. The van der Waals surface area contributed by atoms with Crippen LogP contribution in [-0.4, -0.2) is 19.5 Å². The lowest BCUT2D eigenvalue weighted by Gasteiger charge is -2.04. The fraction of sp³-hybridized carbons (Fsp3) is 0.688. The third-order valence-electron chi connectivity index (χ3n) is 3.86. The van der Waals surface area contributed by atoms with Gasteiger partial charge in [-0.2, -0.15) is 0 Å². The Bertz CT molecular complexity index is 538. The van der Waals surface area contributed by atoms with Crippen LogP contribution in [0.2, 0.25) is 5.15 Å². The van der Waals surface area contributed by atoms with Crippen LogP contribution >= 0.6 is 11.6 Å². The minimum Gasteiger partial charge on any atom is -0.315 e. The molecule has 0 amide bonds. The highest BCUT2D eigenvalue weighted by atomic mass is 35.5. The lowest BCUT2D eigenvalue weighted by molar-refractivity contribution is 0.541. The Hall–Kier alpha value is -1.16. The van der Waals surface area contributed by atoms with Gasteiger partial charge in [0.1, 0.15) is 11.8 Å². The number of hydrogen-bond donors (Lipinski definition) is 0. The van der Waals surface area contributed by atoms with E-state index in [4.69, 9.17) is 11.6 Å². The lowest BCUT2D eigenvalue weighted by Crippen LogP contribution is -1.98. The van der Waals surface area contributed by atoms with Gasteiger partial charge in [-0.15, -0.1) is 0 Å². The summed E-state index contributed by atoms with van der Waals surface area (Å²) < 4.78 is 2.07. The normalized spacial score (nSPS) is 11.3. The summed E-state index contributed by atoms with van der Waals surface area (Å²) in [7, 11) is 0. The van der Waals surface area contributed by atoms with Crippen molar-refractivity contribution in [1.82, 2.24) is 19.5 Å². The second kappa shape index (κ2) is 8.98. The molecule has 2 aromatic heterocycles. The van der Waals surface area contributed by atoms with Crippen molar-refractivity contribution in [2.75, 3.05) is 0 Å². The molecule has 0 unspecified atom stereocenters. The van der Waals surface area contributed by atoms with Crippen LogP contribution < -0.4 is 0 Å². The van der Waals surface area contributed by atoms with Gasteiger partial charge in [0, 0.05) is 6.54 Å². The topological polar surface area (TPSA) is 43.6 Å². The average molecular weight is 309 g/mol. The summed E-state index contributed by atoms with van der Waals surface area (Å²) in [6.07, 6.45) is 15.3. The third-order valence-corrected chi connectivity index (χ3v) is 4.14. The van der Waals surface area contributed by atoms with Gasteiger partial charge >= 0.3 is 0 Å². The minimum absolute atomic E-state index is 0.436. The molecular weight excluding hydrogens is 284 g/mol. The molecule has 116 valence electrons. The van der Waals surface area contributed by atoms with E-state index in [1.165, 1.54) is 64.1 Å². The Morgan fingerprint density at radius 3 is 2.29 bits per heavy atom. The van der Waals surface area contributed by atoms with Crippen LogP contribution in [0, 0.1) is 0 Å². The van der Waals surface area contributed by atoms with E-state index in [1.54, 1.807) is 0 Å². The van der Waals surface area contributed by atoms with Crippen LogP contribution in [0.5, 0.6) is 0 Å². The maximum absolute atomic E-state index is 6.00. The molecule has 2 rings (SSSR count). The summed E-state index contributed by atoms with van der Waals surface area (Å²) in [6, 6.07) is 0. The van der Waals surface area contributed by atoms with E-state index in [0.29, 0.717) is 10.7 Å². The molecule has 0 N–H and O–H groups in total. The van der Waals surface area contributed by atoms with Gasteiger partial charge in [-0.25, -0.2) is 15.0 Å². The molecule has 0 aliphatic carbocycles. The van der Waals surface area contributed by atoms with Gasteiger partial charge in [-0.1, -0.05) is 69.9 Å². The van der Waals surface area contributed by atoms with Gasteiger partial charge in [-0.05, 0) is 6.42 Å². The summed E-state index contributed by atoms with van der Waals surface area (Å²) in [4.78, 5) is 12.5. The SMILES string of the molecule is CCCCCCCCCCCn1cnc2c(Cl)ncnc21. The first-order valence-corrected chi connectivity index (χ1v) is 8.52. The number of nitrogens with zero attached hydrogens (tertiary/aromatic N) is 4. The number of fused-ring (bicyclic) bond motifs is 1. The summed E-state index contributed by atoms with van der Waals surface area (Å²) >= 11 is 6.00. The second-order valence-corrected chi connectivity index (χ2v) is 5.96. The maximum Gasteiger partial charge on any atom is 0.164 e. The van der Waals surface area contributed by atoms with Gasteiger partial charge < -0.3 is 4.57 Å². The van der Waals surface area contributed by atoms with Crippen molar-refractivity contribution in [1.29, 1.82) is 0 Å². The number of aromatic nitrogens is 4. The van der Waals surface area contributed by atoms with Crippen molar-refractivity contribution in [3.05, 3.63) is 17.8 Å². The molecule has 4 nitrogen and oxygen atoms in total. The van der Waals surface area contributed by atoms with Crippen LogP contribution in [0.3, 0.4) is 0 Å². The molecule has 0 saturated carbocycles. The monoisotopic (exact) mass is 308 g/mol. The van der Waals surface area contributed by atoms with Crippen molar-refractivity contribution >= 4 is 22.8 Å². The summed E-state index contributed by atoms with van der Waals surface area (Å²) in [5.41, 5.74) is 1.55. The highest BCUT2D eigenvalue weighted by molar-refractivity contribution is 6.33. The molecule has 0 bridgehead atoms. The van der Waals surface area contributed by atoms with Crippen molar-refractivity contribution < 1.29 is 0 Å². The third kappa shape index (κ3) is 4.95. The van der Waals surface area contributed by atoms with E-state index >= 15 is 0 Å². The lowest BCUT2D eigenvalue weighted by atomic mass is 10.1. The number of imidazole rings is 1. The molecule has 2 heterocycles. The van der Waals surface area contributed by atoms with E-state index < -0.39 is 0 Å². The smallest absolute Gasteiger partial charge is 0.164 e. The van der Waals surface area contributed by atoms with Crippen LogP contribution in [0.25, 0.3) is 11.2 Å². The molecule has 21 heavy (non-hydrogen) atoms. The first-order valence-electron chi connectivity index (χ1n) is 8.14. The fourth-order valence-electron chi connectivity index (χ4n) is 2.61. The molecule has 0 aromatic carbocycles. The first-order chi connectivity index (χ1) is 10.3. The Morgan fingerprint density at radius 1 is 0.905 bits per heavy atom. The van der Waals surface area contributed by atoms with Crippen molar-refractivity contribution in [3.8, 4) is 0 Å². The van der Waals surface area contributed by atoms with Gasteiger partial charge in [0.2, 0.25) is 0 Å². The Kier molecular flexibility index (Phi) is 6.93.